The maximum absolute atomic E-state index is 2.52. The van der Waals surface area contributed by atoms with E-state index in [2.05, 4.69) is 83.1 Å². The van der Waals surface area contributed by atoms with Gasteiger partial charge in [-0.1, -0.05) is 83.1 Å². The Hall–Kier alpha value is 0. The number of rotatable bonds is 8. The van der Waals surface area contributed by atoms with Crippen LogP contribution in [0.4, 0.5) is 0 Å². The van der Waals surface area contributed by atoms with E-state index in [9.17, 15) is 0 Å². The fourth-order valence-electron chi connectivity index (χ4n) is 5.68. The first kappa shape index (κ1) is 21.0. The zero-order chi connectivity index (χ0) is 17.1. The van der Waals surface area contributed by atoms with Gasteiger partial charge in [0.05, 0.1) is 0 Å². The third-order valence-electron chi connectivity index (χ3n) is 5.43. The topological polar surface area (TPSA) is 0 Å². The maximum atomic E-state index is 2.52. The average Bonchev–Trinajstić information content (AvgIpc) is 2.21. The van der Waals surface area contributed by atoms with Gasteiger partial charge in [0.1, 0.15) is 0 Å². The normalized spacial score (nSPS) is 14.3. The molecule has 0 aliphatic carbocycles. The fourth-order valence-corrected chi connectivity index (χ4v) is 5.68. The summed E-state index contributed by atoms with van der Waals surface area (Å²) >= 11 is 0. The van der Waals surface area contributed by atoms with E-state index < -0.39 is 0 Å². The highest BCUT2D eigenvalue weighted by molar-refractivity contribution is 5.13. The quantitative estimate of drug-likeness (QED) is 0.448. The van der Waals surface area contributed by atoms with E-state index in [4.69, 9.17) is 0 Å². The van der Waals surface area contributed by atoms with Gasteiger partial charge < -0.3 is 0 Å². The van der Waals surface area contributed by atoms with Crippen LogP contribution in [0.25, 0.3) is 0 Å². The fraction of sp³-hybridized carbons (Fsp3) is 0.952. The molecule has 0 amide bonds. The molecule has 0 aromatic heterocycles. The lowest BCUT2D eigenvalue weighted by Crippen LogP contribution is -2.45. The first-order valence-corrected chi connectivity index (χ1v) is 9.22. The summed E-state index contributed by atoms with van der Waals surface area (Å²) in [6.45, 7) is 29.1. The van der Waals surface area contributed by atoms with Gasteiger partial charge in [0.15, 0.2) is 0 Å². The third-order valence-corrected chi connectivity index (χ3v) is 5.43. The molecule has 0 saturated heterocycles. The monoisotopic (exact) mass is 295 g/mol. The molecule has 0 nitrogen and oxygen atoms in total. The largest absolute Gasteiger partial charge is 0.0625 e. The van der Waals surface area contributed by atoms with Crippen molar-refractivity contribution in [3.8, 4) is 0 Å². The molecule has 0 aliphatic heterocycles. The Labute approximate surface area is 136 Å². The van der Waals surface area contributed by atoms with Crippen LogP contribution >= 0.6 is 0 Å². The lowest BCUT2D eigenvalue weighted by Gasteiger charge is -2.51. The summed E-state index contributed by atoms with van der Waals surface area (Å²) in [7, 11) is 0. The van der Waals surface area contributed by atoms with Crippen LogP contribution in [0.5, 0.6) is 0 Å². The molecule has 0 rings (SSSR count). The SMILES string of the molecule is CC(C)[C](C(C(C)C)C(C)C)C(C)(C)C(C(C)C)C(C)C. The van der Waals surface area contributed by atoms with E-state index in [-0.39, 0.29) is 0 Å². The van der Waals surface area contributed by atoms with Gasteiger partial charge in [-0.25, -0.2) is 0 Å². The maximum Gasteiger partial charge on any atom is -0.0120 e. The highest BCUT2D eigenvalue weighted by Crippen LogP contribution is 2.53. The van der Waals surface area contributed by atoms with Crippen molar-refractivity contribution in [2.24, 2.45) is 46.8 Å². The van der Waals surface area contributed by atoms with Gasteiger partial charge in [-0.3, -0.25) is 0 Å². The van der Waals surface area contributed by atoms with Crippen LogP contribution in [-0.4, -0.2) is 0 Å². The highest BCUT2D eigenvalue weighted by Gasteiger charge is 2.46. The minimum absolute atomic E-state index is 0.301. The van der Waals surface area contributed by atoms with Crippen molar-refractivity contribution in [3.05, 3.63) is 5.92 Å². The summed E-state index contributed by atoms with van der Waals surface area (Å²) in [4.78, 5) is 0. The van der Waals surface area contributed by atoms with E-state index >= 15 is 0 Å². The molecule has 0 bridgehead atoms. The van der Waals surface area contributed by atoms with Crippen LogP contribution in [0.2, 0.25) is 0 Å². The molecule has 0 atom stereocenters. The van der Waals surface area contributed by atoms with Gasteiger partial charge in [0, 0.05) is 0 Å². The van der Waals surface area contributed by atoms with Crippen LogP contribution in [-0.2, 0) is 0 Å². The Morgan fingerprint density at radius 1 is 0.571 bits per heavy atom. The third kappa shape index (κ3) is 5.00. The smallest absolute Gasteiger partial charge is 0.0120 e. The molecule has 0 unspecified atom stereocenters. The molecule has 127 valence electrons. The average molecular weight is 296 g/mol. The second-order valence-corrected chi connectivity index (χ2v) is 9.36. The predicted molar refractivity (Wildman–Crippen MR) is 98.2 cm³/mol. The Bertz CT molecular complexity index is 264. The van der Waals surface area contributed by atoms with Gasteiger partial charge in [-0.05, 0) is 52.8 Å². The van der Waals surface area contributed by atoms with Gasteiger partial charge in [0.25, 0.3) is 0 Å². The minimum atomic E-state index is 0.301. The number of hydrogen-bond donors (Lipinski definition) is 0. The van der Waals surface area contributed by atoms with Gasteiger partial charge in [-0.2, -0.15) is 0 Å². The van der Waals surface area contributed by atoms with Gasteiger partial charge in [-0.15, -0.1) is 0 Å². The molecule has 0 heteroatoms. The van der Waals surface area contributed by atoms with E-state index in [1.54, 1.807) is 5.92 Å². The molecule has 0 heterocycles. The molecule has 0 aromatic carbocycles. The van der Waals surface area contributed by atoms with Gasteiger partial charge >= 0.3 is 0 Å². The molecular weight excluding hydrogens is 252 g/mol. The molecule has 0 aliphatic rings. The molecule has 0 fully saturated rings. The summed E-state index contributed by atoms with van der Waals surface area (Å²) in [5.74, 6) is 6.84. The molecule has 21 heavy (non-hydrogen) atoms. The summed E-state index contributed by atoms with van der Waals surface area (Å²) in [5, 5.41) is 0. The summed E-state index contributed by atoms with van der Waals surface area (Å²) in [6.07, 6.45) is 0. The van der Waals surface area contributed by atoms with Crippen LogP contribution in [0.3, 0.4) is 0 Å². The number of hydrogen-bond acceptors (Lipinski definition) is 0. The molecule has 0 N–H and O–H groups in total. The summed E-state index contributed by atoms with van der Waals surface area (Å²) in [5.41, 5.74) is 0.301. The minimum Gasteiger partial charge on any atom is -0.0625 e. The van der Waals surface area contributed by atoms with Gasteiger partial charge in [0.2, 0.25) is 0 Å². The van der Waals surface area contributed by atoms with Crippen molar-refractivity contribution in [3.63, 3.8) is 0 Å². The first-order chi connectivity index (χ1) is 9.35. The van der Waals surface area contributed by atoms with Crippen LogP contribution < -0.4 is 0 Å². The molecular formula is C21H43. The van der Waals surface area contributed by atoms with Crippen molar-refractivity contribution in [2.45, 2.75) is 83.1 Å². The Morgan fingerprint density at radius 2 is 0.905 bits per heavy atom. The van der Waals surface area contributed by atoms with E-state index in [1.165, 1.54) is 0 Å². The van der Waals surface area contributed by atoms with Crippen molar-refractivity contribution < 1.29 is 0 Å². The van der Waals surface area contributed by atoms with Crippen LogP contribution in [0, 0.1) is 52.8 Å². The Balaban J connectivity index is 5.81. The van der Waals surface area contributed by atoms with Crippen molar-refractivity contribution in [1.82, 2.24) is 0 Å². The van der Waals surface area contributed by atoms with Crippen LogP contribution in [0.15, 0.2) is 0 Å². The standard InChI is InChI=1S/C21H43/c1-13(2)18(14(3)4)20(17(9)10)21(11,12)19(15(5)6)16(7)8/h13-19H,1-12H3. The zero-order valence-electron chi connectivity index (χ0n) is 17.0. The van der Waals surface area contributed by atoms with E-state index in [1.807, 2.05) is 0 Å². The van der Waals surface area contributed by atoms with Crippen LogP contribution in [0.1, 0.15) is 83.1 Å². The lowest BCUT2D eigenvalue weighted by molar-refractivity contribution is 0.0652. The van der Waals surface area contributed by atoms with E-state index in [0.717, 1.165) is 35.5 Å². The predicted octanol–water partition coefficient (Wildman–Crippen LogP) is 7.10. The summed E-state index contributed by atoms with van der Waals surface area (Å²) < 4.78 is 0. The molecule has 0 spiro atoms. The Morgan fingerprint density at radius 3 is 1.10 bits per heavy atom. The molecule has 0 saturated carbocycles. The second kappa shape index (κ2) is 8.02. The summed E-state index contributed by atoms with van der Waals surface area (Å²) in [6, 6.07) is 0. The Kier molecular flexibility index (Phi) is 8.02. The zero-order valence-corrected chi connectivity index (χ0v) is 17.0. The highest BCUT2D eigenvalue weighted by atomic mass is 14.5. The second-order valence-electron chi connectivity index (χ2n) is 9.36. The first-order valence-electron chi connectivity index (χ1n) is 9.22. The van der Waals surface area contributed by atoms with Crippen molar-refractivity contribution in [1.29, 1.82) is 0 Å². The van der Waals surface area contributed by atoms with E-state index in [0.29, 0.717) is 11.3 Å². The molecule has 1 radical (unpaired) electrons. The lowest BCUT2D eigenvalue weighted by atomic mass is 9.53. The van der Waals surface area contributed by atoms with Crippen molar-refractivity contribution >= 4 is 0 Å². The van der Waals surface area contributed by atoms with Crippen molar-refractivity contribution in [2.75, 3.05) is 0 Å². The molecule has 0 aromatic rings.